The summed E-state index contributed by atoms with van der Waals surface area (Å²) in [6, 6.07) is 14.3. The third-order valence-corrected chi connectivity index (χ3v) is 4.18. The Kier molecular flexibility index (Phi) is 5.85. The van der Waals surface area contributed by atoms with E-state index in [1.807, 2.05) is 6.07 Å². The third kappa shape index (κ3) is 4.95. The van der Waals surface area contributed by atoms with Gasteiger partial charge in [-0.3, -0.25) is 19.3 Å². The molecule has 1 heterocycles. The molecule has 1 aliphatic rings. The molecule has 0 radical (unpaired) electrons. The zero-order valence-electron chi connectivity index (χ0n) is 15.3. The molecule has 0 bridgehead atoms. The van der Waals surface area contributed by atoms with Gasteiger partial charge in [0.25, 0.3) is 5.91 Å². The van der Waals surface area contributed by atoms with Gasteiger partial charge in [-0.05, 0) is 42.5 Å². The van der Waals surface area contributed by atoms with Gasteiger partial charge >= 0.3 is 6.03 Å². The molecule has 0 saturated carbocycles. The van der Waals surface area contributed by atoms with Crippen LogP contribution in [0.25, 0.3) is 0 Å². The Morgan fingerprint density at radius 1 is 1.07 bits per heavy atom. The second-order valence-corrected chi connectivity index (χ2v) is 6.23. The number of amides is 5. The van der Waals surface area contributed by atoms with Crippen LogP contribution < -0.4 is 16.0 Å². The molecular formula is C20H17N5O4. The standard InChI is InChI=1S/C20H17N5O4/c21-11-13-2-1-3-14(10-13)19(28)24-16-6-4-15(5-7-16)23-17(26)8-9-25-18(27)12-22-20(25)29/h1-7,10H,8-9,12H2,(H,22,29)(H,23,26)(H,24,28). The van der Waals surface area contributed by atoms with Crippen molar-refractivity contribution in [1.29, 1.82) is 5.26 Å². The minimum absolute atomic E-state index is 0.00635. The van der Waals surface area contributed by atoms with Crippen LogP contribution >= 0.6 is 0 Å². The van der Waals surface area contributed by atoms with Gasteiger partial charge in [0.15, 0.2) is 0 Å². The van der Waals surface area contributed by atoms with Crippen molar-refractivity contribution in [3.8, 4) is 6.07 Å². The number of hydrogen-bond acceptors (Lipinski definition) is 5. The van der Waals surface area contributed by atoms with Crippen LogP contribution in [0.1, 0.15) is 22.3 Å². The maximum atomic E-state index is 12.3. The van der Waals surface area contributed by atoms with Crippen LogP contribution in [-0.4, -0.2) is 41.7 Å². The summed E-state index contributed by atoms with van der Waals surface area (Å²) in [5, 5.41) is 16.7. The van der Waals surface area contributed by atoms with Gasteiger partial charge in [0.2, 0.25) is 11.8 Å². The number of benzene rings is 2. The molecule has 3 N–H and O–H groups in total. The first-order valence-electron chi connectivity index (χ1n) is 8.76. The first kappa shape index (κ1) is 19.6. The lowest BCUT2D eigenvalue weighted by molar-refractivity contribution is -0.125. The topological polar surface area (TPSA) is 131 Å². The molecule has 1 saturated heterocycles. The Bertz CT molecular complexity index is 994. The molecule has 0 spiro atoms. The highest BCUT2D eigenvalue weighted by molar-refractivity contribution is 6.05. The normalized spacial score (nSPS) is 12.9. The van der Waals surface area contributed by atoms with Crippen molar-refractivity contribution in [1.82, 2.24) is 10.2 Å². The highest BCUT2D eigenvalue weighted by atomic mass is 16.2. The number of nitrogens with one attached hydrogen (secondary N) is 3. The van der Waals surface area contributed by atoms with Gasteiger partial charge in [-0.25, -0.2) is 4.79 Å². The van der Waals surface area contributed by atoms with E-state index in [9.17, 15) is 19.2 Å². The number of nitrogens with zero attached hydrogens (tertiary/aromatic N) is 2. The average molecular weight is 391 g/mol. The monoisotopic (exact) mass is 391 g/mol. The van der Waals surface area contributed by atoms with Gasteiger partial charge in [-0.1, -0.05) is 6.07 Å². The quantitative estimate of drug-likeness (QED) is 0.645. The van der Waals surface area contributed by atoms with E-state index < -0.39 is 6.03 Å². The van der Waals surface area contributed by atoms with Gasteiger partial charge in [-0.15, -0.1) is 0 Å². The van der Waals surface area contributed by atoms with E-state index in [0.717, 1.165) is 4.90 Å². The van der Waals surface area contributed by atoms with E-state index in [2.05, 4.69) is 16.0 Å². The Hall–Kier alpha value is -4.19. The Morgan fingerprint density at radius 3 is 2.38 bits per heavy atom. The highest BCUT2D eigenvalue weighted by Crippen LogP contribution is 2.15. The molecule has 2 aromatic carbocycles. The Morgan fingerprint density at radius 2 is 1.76 bits per heavy atom. The molecule has 5 amide bonds. The van der Waals surface area contributed by atoms with Gasteiger partial charge < -0.3 is 16.0 Å². The third-order valence-electron chi connectivity index (χ3n) is 4.18. The van der Waals surface area contributed by atoms with Gasteiger partial charge in [0, 0.05) is 29.9 Å². The smallest absolute Gasteiger partial charge is 0.324 e. The summed E-state index contributed by atoms with van der Waals surface area (Å²) >= 11 is 0. The second kappa shape index (κ2) is 8.67. The van der Waals surface area contributed by atoms with E-state index in [4.69, 9.17) is 5.26 Å². The number of carbonyl (C=O) groups excluding carboxylic acids is 4. The van der Waals surface area contributed by atoms with Crippen molar-refractivity contribution in [2.45, 2.75) is 6.42 Å². The van der Waals surface area contributed by atoms with Crippen LogP contribution in [0.4, 0.5) is 16.2 Å². The van der Waals surface area contributed by atoms with Crippen LogP contribution in [0.3, 0.4) is 0 Å². The summed E-state index contributed by atoms with van der Waals surface area (Å²) < 4.78 is 0. The number of urea groups is 1. The zero-order valence-corrected chi connectivity index (χ0v) is 15.3. The highest BCUT2D eigenvalue weighted by Gasteiger charge is 2.28. The molecule has 0 aliphatic carbocycles. The molecule has 1 aliphatic heterocycles. The number of imide groups is 1. The van der Waals surface area contributed by atoms with E-state index in [1.54, 1.807) is 42.5 Å². The fourth-order valence-electron chi connectivity index (χ4n) is 2.69. The number of anilines is 2. The lowest BCUT2D eigenvalue weighted by Gasteiger charge is -2.12. The van der Waals surface area contributed by atoms with Crippen molar-refractivity contribution >= 4 is 35.1 Å². The summed E-state index contributed by atoms with van der Waals surface area (Å²) in [6.07, 6.45) is -0.0210. The molecule has 9 heteroatoms. The van der Waals surface area contributed by atoms with Crippen molar-refractivity contribution in [2.24, 2.45) is 0 Å². The zero-order chi connectivity index (χ0) is 20.8. The summed E-state index contributed by atoms with van der Waals surface area (Å²) in [6.45, 7) is -0.0408. The van der Waals surface area contributed by atoms with Crippen LogP contribution in [-0.2, 0) is 9.59 Å². The predicted octanol–water partition coefficient (Wildman–Crippen LogP) is 1.69. The minimum Gasteiger partial charge on any atom is -0.329 e. The molecule has 3 rings (SSSR count). The van der Waals surface area contributed by atoms with E-state index >= 15 is 0 Å². The van der Waals surface area contributed by atoms with Crippen molar-refractivity contribution in [2.75, 3.05) is 23.7 Å². The SMILES string of the molecule is N#Cc1cccc(C(=O)Nc2ccc(NC(=O)CCN3C(=O)CNC3=O)cc2)c1. The van der Waals surface area contributed by atoms with Crippen LogP contribution in [0.15, 0.2) is 48.5 Å². The number of rotatable bonds is 6. The van der Waals surface area contributed by atoms with Gasteiger partial charge in [0.1, 0.15) is 0 Å². The molecular weight excluding hydrogens is 374 g/mol. The summed E-state index contributed by atoms with van der Waals surface area (Å²) in [5.74, 6) is -1.06. The molecule has 146 valence electrons. The maximum Gasteiger partial charge on any atom is 0.324 e. The predicted molar refractivity (Wildman–Crippen MR) is 104 cm³/mol. The Labute approximate surface area is 166 Å². The van der Waals surface area contributed by atoms with Crippen molar-refractivity contribution in [3.63, 3.8) is 0 Å². The van der Waals surface area contributed by atoms with Crippen LogP contribution in [0, 0.1) is 11.3 Å². The largest absolute Gasteiger partial charge is 0.329 e. The number of nitriles is 1. The Balaban J connectivity index is 1.52. The summed E-state index contributed by atoms with van der Waals surface area (Å²) in [4.78, 5) is 48.2. The summed E-state index contributed by atoms with van der Waals surface area (Å²) in [5.41, 5.74) is 1.79. The van der Waals surface area contributed by atoms with Gasteiger partial charge in [0.05, 0.1) is 18.2 Å². The number of hydrogen-bond donors (Lipinski definition) is 3. The van der Waals surface area contributed by atoms with Crippen molar-refractivity contribution < 1.29 is 19.2 Å². The minimum atomic E-state index is -0.497. The van der Waals surface area contributed by atoms with E-state index in [0.29, 0.717) is 22.5 Å². The van der Waals surface area contributed by atoms with E-state index in [1.165, 1.54) is 6.07 Å². The van der Waals surface area contributed by atoms with E-state index in [-0.39, 0.29) is 37.2 Å². The molecule has 2 aromatic rings. The fourth-order valence-corrected chi connectivity index (χ4v) is 2.69. The van der Waals surface area contributed by atoms with Gasteiger partial charge in [-0.2, -0.15) is 5.26 Å². The maximum absolute atomic E-state index is 12.3. The lowest BCUT2D eigenvalue weighted by Crippen LogP contribution is -2.33. The lowest BCUT2D eigenvalue weighted by atomic mass is 10.1. The van der Waals surface area contributed by atoms with Crippen LogP contribution in [0.5, 0.6) is 0 Å². The first-order valence-corrected chi connectivity index (χ1v) is 8.76. The molecule has 29 heavy (non-hydrogen) atoms. The molecule has 0 unspecified atom stereocenters. The van der Waals surface area contributed by atoms with Crippen molar-refractivity contribution in [3.05, 3.63) is 59.7 Å². The molecule has 0 aromatic heterocycles. The number of carbonyl (C=O) groups is 4. The van der Waals surface area contributed by atoms with Crippen LogP contribution in [0.2, 0.25) is 0 Å². The average Bonchev–Trinajstić information content (AvgIpc) is 3.05. The fraction of sp³-hybridized carbons (Fsp3) is 0.150. The summed E-state index contributed by atoms with van der Waals surface area (Å²) in [7, 11) is 0. The molecule has 9 nitrogen and oxygen atoms in total. The second-order valence-electron chi connectivity index (χ2n) is 6.23. The molecule has 1 fully saturated rings. The first-order chi connectivity index (χ1) is 14.0. The molecule has 0 atom stereocenters.